The second kappa shape index (κ2) is 6.62. The number of halogens is 1. The Balaban J connectivity index is 1.88. The van der Waals surface area contributed by atoms with Gasteiger partial charge in [0.1, 0.15) is 5.56 Å². The fraction of sp³-hybridized carbons (Fsp3) is 0.278. The van der Waals surface area contributed by atoms with Crippen molar-refractivity contribution in [1.82, 2.24) is 4.98 Å². The number of H-pyrrole nitrogens is 1. The molecule has 140 valence electrons. The maximum Gasteiger partial charge on any atom is 0.343 e. The van der Waals surface area contributed by atoms with Gasteiger partial charge in [-0.2, -0.15) is 0 Å². The molecule has 0 unspecified atom stereocenters. The Kier molecular flexibility index (Phi) is 4.27. The topological polar surface area (TPSA) is 104 Å². The molecule has 2 aliphatic heterocycles. The number of hydrogen-bond acceptors (Lipinski definition) is 7. The van der Waals surface area contributed by atoms with E-state index in [2.05, 4.69) is 4.98 Å². The minimum Gasteiger partial charge on any atom is -0.462 e. The molecular weight excluding hydrogens is 378 g/mol. The first kappa shape index (κ1) is 17.4. The lowest BCUT2D eigenvalue weighted by Crippen LogP contribution is -2.30. The molecule has 3 heterocycles. The Morgan fingerprint density at radius 2 is 2.11 bits per heavy atom. The molecule has 1 aromatic carbocycles. The van der Waals surface area contributed by atoms with Crippen molar-refractivity contribution in [2.24, 2.45) is 0 Å². The van der Waals surface area contributed by atoms with Crippen LogP contribution in [0, 0.1) is 0 Å². The summed E-state index contributed by atoms with van der Waals surface area (Å²) in [6, 6.07) is 3.27. The monoisotopic (exact) mass is 391 g/mol. The predicted octanol–water partition coefficient (Wildman–Crippen LogP) is 2.37. The van der Waals surface area contributed by atoms with Gasteiger partial charge in [-0.15, -0.1) is 0 Å². The van der Waals surface area contributed by atoms with Crippen LogP contribution in [0.5, 0.6) is 17.2 Å². The second-order valence-corrected chi connectivity index (χ2v) is 6.37. The molecule has 0 saturated carbocycles. The number of carbonyl (C=O) groups is 2. The minimum absolute atomic E-state index is 0.0173. The van der Waals surface area contributed by atoms with Crippen LogP contribution in [0.2, 0.25) is 5.02 Å². The first-order valence-electron chi connectivity index (χ1n) is 8.22. The predicted molar refractivity (Wildman–Crippen MR) is 92.7 cm³/mol. The molecule has 0 spiro atoms. The third-order valence-corrected chi connectivity index (χ3v) is 4.64. The Hall–Kier alpha value is -3.00. The van der Waals surface area contributed by atoms with E-state index in [-0.39, 0.29) is 36.7 Å². The standard InChI is InChI=1S/C18H14ClNO7/c1-2-24-18(23)10-6-20-17(22)14-9(5-13(21)27-15(10)14)8-3-11(19)16-12(4-8)25-7-26-16/h3-4,6,9H,2,5,7H2,1H3,(H,20,22)/t9-/m0/s1. The van der Waals surface area contributed by atoms with E-state index in [0.717, 1.165) is 0 Å². The van der Waals surface area contributed by atoms with Crippen LogP contribution in [-0.4, -0.2) is 30.3 Å². The van der Waals surface area contributed by atoms with Crippen LogP contribution < -0.4 is 19.8 Å². The van der Waals surface area contributed by atoms with Gasteiger partial charge in [-0.05, 0) is 24.6 Å². The van der Waals surface area contributed by atoms with Gasteiger partial charge < -0.3 is 23.9 Å². The Morgan fingerprint density at radius 1 is 1.30 bits per heavy atom. The fourth-order valence-electron chi connectivity index (χ4n) is 3.21. The number of pyridine rings is 1. The summed E-state index contributed by atoms with van der Waals surface area (Å²) in [7, 11) is 0. The van der Waals surface area contributed by atoms with Crippen LogP contribution in [-0.2, 0) is 9.53 Å². The summed E-state index contributed by atoms with van der Waals surface area (Å²) in [6.07, 6.45) is 1.10. The maximum absolute atomic E-state index is 12.5. The zero-order valence-corrected chi connectivity index (χ0v) is 14.9. The number of aromatic nitrogens is 1. The molecule has 8 nitrogen and oxygen atoms in total. The number of aromatic amines is 1. The molecule has 4 rings (SSSR count). The summed E-state index contributed by atoms with van der Waals surface area (Å²) >= 11 is 6.24. The highest BCUT2D eigenvalue weighted by atomic mass is 35.5. The van der Waals surface area contributed by atoms with E-state index >= 15 is 0 Å². The van der Waals surface area contributed by atoms with Crippen LogP contribution in [0.4, 0.5) is 0 Å². The molecule has 1 aromatic heterocycles. The van der Waals surface area contributed by atoms with Crippen molar-refractivity contribution in [3.63, 3.8) is 0 Å². The van der Waals surface area contributed by atoms with Crippen LogP contribution in [0.3, 0.4) is 0 Å². The highest BCUT2D eigenvalue weighted by Gasteiger charge is 2.36. The molecule has 2 aromatic rings. The Morgan fingerprint density at radius 3 is 2.89 bits per heavy atom. The lowest BCUT2D eigenvalue weighted by molar-refractivity contribution is -0.135. The highest BCUT2D eigenvalue weighted by molar-refractivity contribution is 6.32. The molecule has 0 fully saturated rings. The molecule has 0 saturated heterocycles. The maximum atomic E-state index is 12.5. The lowest BCUT2D eigenvalue weighted by Gasteiger charge is -2.25. The third kappa shape index (κ3) is 2.91. The number of benzene rings is 1. The number of hydrogen-bond donors (Lipinski definition) is 1. The molecule has 0 amide bonds. The average molecular weight is 392 g/mol. The molecule has 0 aliphatic carbocycles. The first-order valence-corrected chi connectivity index (χ1v) is 8.59. The van der Waals surface area contributed by atoms with E-state index in [1.807, 2.05) is 0 Å². The summed E-state index contributed by atoms with van der Waals surface area (Å²) in [5.74, 6) is -1.18. The van der Waals surface area contributed by atoms with Gasteiger partial charge in [0.2, 0.25) is 6.79 Å². The van der Waals surface area contributed by atoms with Crippen LogP contribution in [0.1, 0.15) is 40.7 Å². The van der Waals surface area contributed by atoms with Gasteiger partial charge in [0.15, 0.2) is 17.2 Å². The average Bonchev–Trinajstić information content (AvgIpc) is 3.10. The summed E-state index contributed by atoms with van der Waals surface area (Å²) in [4.78, 5) is 39.4. The van der Waals surface area contributed by atoms with Crippen molar-refractivity contribution >= 4 is 23.5 Å². The number of carbonyl (C=O) groups excluding carboxylic acids is 2. The third-order valence-electron chi connectivity index (χ3n) is 4.36. The van der Waals surface area contributed by atoms with E-state index in [1.165, 1.54) is 6.20 Å². The van der Waals surface area contributed by atoms with Crippen molar-refractivity contribution in [3.05, 3.63) is 50.4 Å². The van der Waals surface area contributed by atoms with Crippen LogP contribution in [0.15, 0.2) is 23.1 Å². The SMILES string of the molecule is CCOC(=O)c1c[nH]c(=O)c2c1OC(=O)C[C@H]2c1cc(Cl)c2c(c1)OCO2. The summed E-state index contributed by atoms with van der Waals surface area (Å²) < 4.78 is 20.9. The summed E-state index contributed by atoms with van der Waals surface area (Å²) in [5, 5.41) is 0.304. The zero-order valence-electron chi connectivity index (χ0n) is 14.2. The van der Waals surface area contributed by atoms with Gasteiger partial charge in [-0.1, -0.05) is 11.6 Å². The van der Waals surface area contributed by atoms with Gasteiger partial charge in [0.25, 0.3) is 5.56 Å². The van der Waals surface area contributed by atoms with Crippen molar-refractivity contribution in [3.8, 4) is 17.2 Å². The molecule has 0 bridgehead atoms. The first-order chi connectivity index (χ1) is 13.0. The number of nitrogens with one attached hydrogen (secondary N) is 1. The van der Waals surface area contributed by atoms with Crippen LogP contribution in [0.25, 0.3) is 0 Å². The van der Waals surface area contributed by atoms with Gasteiger partial charge in [0.05, 0.1) is 23.6 Å². The normalized spacial score (nSPS) is 17.3. The molecule has 0 radical (unpaired) electrons. The number of fused-ring (bicyclic) bond motifs is 2. The van der Waals surface area contributed by atoms with Crippen molar-refractivity contribution in [2.75, 3.05) is 13.4 Å². The lowest BCUT2D eigenvalue weighted by atomic mass is 9.86. The number of esters is 2. The van der Waals surface area contributed by atoms with Crippen molar-refractivity contribution < 1.29 is 28.5 Å². The van der Waals surface area contributed by atoms with Crippen molar-refractivity contribution in [1.29, 1.82) is 0 Å². The molecular formula is C18H14ClNO7. The van der Waals surface area contributed by atoms with E-state index in [1.54, 1.807) is 19.1 Å². The molecule has 9 heteroatoms. The van der Waals surface area contributed by atoms with E-state index in [4.69, 9.17) is 30.5 Å². The van der Waals surface area contributed by atoms with Gasteiger partial charge >= 0.3 is 11.9 Å². The summed E-state index contributed by atoms with van der Waals surface area (Å²) in [5.41, 5.74) is 0.254. The summed E-state index contributed by atoms with van der Waals surface area (Å²) in [6.45, 7) is 1.83. The molecule has 1 atom stereocenters. The Labute approximate surface area is 157 Å². The number of ether oxygens (including phenoxy) is 4. The van der Waals surface area contributed by atoms with Gasteiger partial charge in [-0.3, -0.25) is 9.59 Å². The van der Waals surface area contributed by atoms with E-state index in [9.17, 15) is 14.4 Å². The zero-order chi connectivity index (χ0) is 19.1. The van der Waals surface area contributed by atoms with E-state index in [0.29, 0.717) is 22.1 Å². The smallest absolute Gasteiger partial charge is 0.343 e. The molecule has 1 N–H and O–H groups in total. The van der Waals surface area contributed by atoms with Crippen LogP contribution >= 0.6 is 11.6 Å². The molecule has 27 heavy (non-hydrogen) atoms. The number of rotatable bonds is 3. The second-order valence-electron chi connectivity index (χ2n) is 5.96. The van der Waals surface area contributed by atoms with Crippen molar-refractivity contribution in [2.45, 2.75) is 19.3 Å². The van der Waals surface area contributed by atoms with Gasteiger partial charge in [0, 0.05) is 12.1 Å². The van der Waals surface area contributed by atoms with E-state index < -0.39 is 23.4 Å². The van der Waals surface area contributed by atoms with Gasteiger partial charge in [-0.25, -0.2) is 4.79 Å². The highest BCUT2D eigenvalue weighted by Crippen LogP contribution is 2.45. The minimum atomic E-state index is -0.692. The molecule has 2 aliphatic rings. The Bertz CT molecular complexity index is 1010. The quantitative estimate of drug-likeness (QED) is 0.801. The largest absolute Gasteiger partial charge is 0.462 e. The fourth-order valence-corrected chi connectivity index (χ4v) is 3.49.